The summed E-state index contributed by atoms with van der Waals surface area (Å²) < 4.78 is 38.8. The molecule has 23 heavy (non-hydrogen) atoms. The van der Waals surface area contributed by atoms with Gasteiger partial charge in [0.15, 0.2) is 5.16 Å². The number of nitrogens with zero attached hydrogens (tertiary/aromatic N) is 3. The first-order valence-corrected chi connectivity index (χ1v) is 7.64. The molecule has 0 spiro atoms. The van der Waals surface area contributed by atoms with Gasteiger partial charge in [-0.05, 0) is 19.1 Å². The van der Waals surface area contributed by atoms with E-state index in [4.69, 9.17) is 11.6 Å². The molecule has 0 bridgehead atoms. The predicted molar refractivity (Wildman–Crippen MR) is 81.4 cm³/mol. The lowest BCUT2D eigenvalue weighted by molar-refractivity contribution is -0.147. The van der Waals surface area contributed by atoms with E-state index >= 15 is 0 Å². The molecule has 0 saturated heterocycles. The zero-order chi connectivity index (χ0) is 17.2. The normalized spacial score (nSPS) is 13.0. The minimum Gasteiger partial charge on any atom is -0.324 e. The Hall–Kier alpha value is -1.74. The molecule has 124 valence electrons. The summed E-state index contributed by atoms with van der Waals surface area (Å²) in [4.78, 5) is 12.1. The van der Waals surface area contributed by atoms with Crippen molar-refractivity contribution in [2.75, 3.05) is 5.32 Å². The number of rotatable bonds is 4. The summed E-state index contributed by atoms with van der Waals surface area (Å²) in [5, 5.41) is 8.89. The van der Waals surface area contributed by atoms with Crippen molar-refractivity contribution in [2.45, 2.75) is 23.5 Å². The summed E-state index contributed by atoms with van der Waals surface area (Å²) in [5.74, 6) is -1.52. The molecule has 2 rings (SSSR count). The number of carbonyl (C=O) groups excluding carboxylic acids is 1. The fraction of sp³-hybridized carbons (Fsp3) is 0.308. The molecule has 0 saturated carbocycles. The van der Waals surface area contributed by atoms with Crippen LogP contribution in [0.4, 0.5) is 18.9 Å². The third kappa shape index (κ3) is 4.17. The Kier molecular flexibility index (Phi) is 5.20. The predicted octanol–water partition coefficient (Wildman–Crippen LogP) is 3.61. The lowest BCUT2D eigenvalue weighted by Crippen LogP contribution is -2.23. The number of nitrogens with one attached hydrogen (secondary N) is 1. The molecule has 0 aliphatic rings. The van der Waals surface area contributed by atoms with Crippen molar-refractivity contribution in [3.8, 4) is 0 Å². The van der Waals surface area contributed by atoms with Gasteiger partial charge >= 0.3 is 6.18 Å². The number of hydrogen-bond acceptors (Lipinski definition) is 4. The Bertz CT molecular complexity index is 719. The average Bonchev–Trinajstić information content (AvgIpc) is 2.82. The maximum atomic E-state index is 12.7. The Morgan fingerprint density at radius 3 is 2.57 bits per heavy atom. The van der Waals surface area contributed by atoms with E-state index in [-0.39, 0.29) is 5.16 Å². The number of halogens is 4. The molecule has 1 aromatic carbocycles. The van der Waals surface area contributed by atoms with Crippen LogP contribution in [-0.4, -0.2) is 25.9 Å². The van der Waals surface area contributed by atoms with Crippen LogP contribution in [0.5, 0.6) is 0 Å². The minimum atomic E-state index is -4.59. The molecular formula is C13H12ClF3N4OS. The van der Waals surface area contributed by atoms with Crippen LogP contribution in [0, 0.1) is 0 Å². The van der Waals surface area contributed by atoms with E-state index in [1.165, 1.54) is 7.05 Å². The number of para-hydroxylation sites is 1. The van der Waals surface area contributed by atoms with Crippen molar-refractivity contribution in [1.82, 2.24) is 14.8 Å². The summed E-state index contributed by atoms with van der Waals surface area (Å²) >= 11 is 6.81. The minimum absolute atomic E-state index is 0.000802. The monoisotopic (exact) mass is 364 g/mol. The first-order chi connectivity index (χ1) is 10.7. The van der Waals surface area contributed by atoms with Crippen molar-refractivity contribution >= 4 is 35.0 Å². The van der Waals surface area contributed by atoms with Crippen LogP contribution < -0.4 is 5.32 Å². The summed E-state index contributed by atoms with van der Waals surface area (Å²) in [5.41, 5.74) is 0.431. The average molecular weight is 365 g/mol. The van der Waals surface area contributed by atoms with E-state index in [0.717, 1.165) is 16.3 Å². The van der Waals surface area contributed by atoms with Gasteiger partial charge in [-0.2, -0.15) is 13.2 Å². The van der Waals surface area contributed by atoms with E-state index in [1.807, 2.05) is 0 Å². The van der Waals surface area contributed by atoms with Crippen molar-refractivity contribution in [1.29, 1.82) is 0 Å². The highest BCUT2D eigenvalue weighted by Crippen LogP contribution is 2.31. The summed E-state index contributed by atoms with van der Waals surface area (Å²) in [6, 6.07) is 6.67. The molecule has 0 aliphatic heterocycles. The maximum absolute atomic E-state index is 12.7. The third-order valence-electron chi connectivity index (χ3n) is 2.87. The van der Waals surface area contributed by atoms with Crippen LogP contribution in [0.2, 0.25) is 5.02 Å². The molecule has 10 heteroatoms. The second-order valence-corrected chi connectivity index (χ2v) is 6.31. The molecular weight excluding hydrogens is 353 g/mol. The molecule has 1 amide bonds. The number of hydrogen-bond donors (Lipinski definition) is 1. The van der Waals surface area contributed by atoms with Crippen molar-refractivity contribution in [2.24, 2.45) is 7.05 Å². The highest BCUT2D eigenvalue weighted by Gasteiger charge is 2.37. The van der Waals surface area contributed by atoms with Gasteiger partial charge in [-0.15, -0.1) is 10.2 Å². The Labute approximate surface area is 139 Å². The van der Waals surface area contributed by atoms with Gasteiger partial charge in [0.1, 0.15) is 0 Å². The Morgan fingerprint density at radius 1 is 1.35 bits per heavy atom. The lowest BCUT2D eigenvalue weighted by Gasteiger charge is -2.12. The first kappa shape index (κ1) is 17.6. The van der Waals surface area contributed by atoms with E-state index in [9.17, 15) is 18.0 Å². The van der Waals surface area contributed by atoms with E-state index in [1.54, 1.807) is 31.2 Å². The molecule has 0 aliphatic carbocycles. The fourth-order valence-corrected chi connectivity index (χ4v) is 2.67. The molecule has 2 aromatic rings. The summed E-state index contributed by atoms with van der Waals surface area (Å²) in [6.07, 6.45) is -4.59. The van der Waals surface area contributed by atoms with Gasteiger partial charge in [-0.3, -0.25) is 4.79 Å². The highest BCUT2D eigenvalue weighted by molar-refractivity contribution is 8.00. The number of anilines is 1. The number of alkyl halides is 3. The molecule has 1 N–H and O–H groups in total. The largest absolute Gasteiger partial charge is 0.451 e. The van der Waals surface area contributed by atoms with E-state index < -0.39 is 23.2 Å². The van der Waals surface area contributed by atoms with Gasteiger partial charge in [0.05, 0.1) is 16.0 Å². The van der Waals surface area contributed by atoms with Crippen LogP contribution in [0.25, 0.3) is 0 Å². The highest BCUT2D eigenvalue weighted by atomic mass is 35.5. The lowest BCUT2D eigenvalue weighted by atomic mass is 10.3. The van der Waals surface area contributed by atoms with E-state index in [2.05, 4.69) is 15.5 Å². The van der Waals surface area contributed by atoms with Crippen LogP contribution in [0.1, 0.15) is 12.7 Å². The van der Waals surface area contributed by atoms with Crippen LogP contribution in [-0.2, 0) is 18.0 Å². The van der Waals surface area contributed by atoms with Crippen molar-refractivity contribution in [3.63, 3.8) is 0 Å². The topological polar surface area (TPSA) is 59.8 Å². The Balaban J connectivity index is 2.07. The standard InChI is InChI=1S/C13H12ClF3N4OS/c1-7(10(22)18-9-6-4-3-5-8(9)14)23-12-20-19-11(21(12)2)13(15,16)17/h3-7H,1-2H3,(H,18,22)/t7-/m1/s1. The molecule has 0 unspecified atom stereocenters. The molecule has 5 nitrogen and oxygen atoms in total. The summed E-state index contributed by atoms with van der Waals surface area (Å²) in [7, 11) is 1.20. The number of thioether (sulfide) groups is 1. The van der Waals surface area contributed by atoms with Crippen molar-refractivity contribution in [3.05, 3.63) is 35.1 Å². The van der Waals surface area contributed by atoms with E-state index in [0.29, 0.717) is 10.7 Å². The van der Waals surface area contributed by atoms with Crippen molar-refractivity contribution < 1.29 is 18.0 Å². The Morgan fingerprint density at radius 2 is 2.00 bits per heavy atom. The number of carbonyl (C=O) groups is 1. The fourth-order valence-electron chi connectivity index (χ4n) is 1.67. The van der Waals surface area contributed by atoms with Gasteiger partial charge in [0, 0.05) is 7.05 Å². The molecule has 1 heterocycles. The second kappa shape index (κ2) is 6.79. The molecule has 1 aromatic heterocycles. The van der Waals surface area contributed by atoms with Gasteiger partial charge in [-0.25, -0.2) is 0 Å². The van der Waals surface area contributed by atoms with Crippen LogP contribution in [0.3, 0.4) is 0 Å². The van der Waals surface area contributed by atoms with Gasteiger partial charge < -0.3 is 9.88 Å². The maximum Gasteiger partial charge on any atom is 0.451 e. The van der Waals surface area contributed by atoms with Gasteiger partial charge in [-0.1, -0.05) is 35.5 Å². The number of amides is 1. The zero-order valence-electron chi connectivity index (χ0n) is 12.1. The third-order valence-corrected chi connectivity index (χ3v) is 4.34. The van der Waals surface area contributed by atoms with Crippen LogP contribution >= 0.6 is 23.4 Å². The van der Waals surface area contributed by atoms with Crippen LogP contribution in [0.15, 0.2) is 29.4 Å². The number of aromatic nitrogens is 3. The quantitative estimate of drug-likeness (QED) is 0.842. The van der Waals surface area contributed by atoms with Gasteiger partial charge in [0.25, 0.3) is 0 Å². The summed E-state index contributed by atoms with van der Waals surface area (Å²) in [6.45, 7) is 1.55. The zero-order valence-corrected chi connectivity index (χ0v) is 13.6. The number of benzene rings is 1. The smallest absolute Gasteiger partial charge is 0.324 e. The second-order valence-electron chi connectivity index (χ2n) is 4.59. The molecule has 1 atom stereocenters. The first-order valence-electron chi connectivity index (χ1n) is 6.38. The molecule has 0 fully saturated rings. The molecule has 0 radical (unpaired) electrons. The SMILES string of the molecule is C[C@@H](Sc1nnc(C(F)(F)F)n1C)C(=O)Nc1ccccc1Cl. The van der Waals surface area contributed by atoms with Gasteiger partial charge in [0.2, 0.25) is 11.7 Å².